The van der Waals surface area contributed by atoms with Crippen LogP contribution in [0.3, 0.4) is 0 Å². The van der Waals surface area contributed by atoms with Crippen molar-refractivity contribution in [2.75, 3.05) is 6.54 Å². The molecule has 2 aliphatic carbocycles. The van der Waals surface area contributed by atoms with Crippen LogP contribution in [0.25, 0.3) is 0 Å². The van der Waals surface area contributed by atoms with Crippen LogP contribution in [0.1, 0.15) is 44.9 Å². The normalized spacial score (nSPS) is 58.5. The van der Waals surface area contributed by atoms with Crippen LogP contribution < -0.4 is 5.32 Å². The molecule has 1 saturated carbocycles. The van der Waals surface area contributed by atoms with Crippen LogP contribution in [0.5, 0.6) is 0 Å². The van der Waals surface area contributed by atoms with Gasteiger partial charge in [0.2, 0.25) is 0 Å². The second-order valence-corrected chi connectivity index (χ2v) is 8.74. The van der Waals surface area contributed by atoms with Crippen LogP contribution in [0.2, 0.25) is 0 Å². The van der Waals surface area contributed by atoms with Gasteiger partial charge in [0.15, 0.2) is 0 Å². The Labute approximate surface area is 132 Å². The molecule has 9 unspecified atom stereocenters. The van der Waals surface area contributed by atoms with Crippen molar-refractivity contribution in [3.05, 3.63) is 11.6 Å². The molecule has 5 aliphatic heterocycles. The summed E-state index contributed by atoms with van der Waals surface area (Å²) in [5.41, 5.74) is 1.70. The quantitative estimate of drug-likeness (QED) is 0.796. The highest BCUT2D eigenvalue weighted by Gasteiger charge is 2.56. The fourth-order valence-electron chi connectivity index (χ4n) is 6.75. The van der Waals surface area contributed by atoms with Crippen molar-refractivity contribution in [3.63, 3.8) is 0 Å². The molecule has 3 nitrogen and oxygen atoms in total. The van der Waals surface area contributed by atoms with E-state index in [4.69, 9.17) is 9.47 Å². The zero-order valence-electron chi connectivity index (χ0n) is 13.2. The molecule has 5 heterocycles. The van der Waals surface area contributed by atoms with Gasteiger partial charge in [-0.3, -0.25) is 0 Å². The monoisotopic (exact) mass is 301 g/mol. The number of nitrogens with one attached hydrogen (secondary N) is 1. The lowest BCUT2D eigenvalue weighted by Crippen LogP contribution is -2.52. The maximum Gasteiger partial charge on any atom is 0.0787 e. The Kier molecular flexibility index (Phi) is 2.70. The first-order chi connectivity index (χ1) is 10.8. The summed E-state index contributed by atoms with van der Waals surface area (Å²) in [6.45, 7) is 1.26. The lowest BCUT2D eigenvalue weighted by molar-refractivity contribution is -0.109. The Hall–Kier alpha value is -0.380. The lowest BCUT2D eigenvalue weighted by Gasteiger charge is -2.46. The van der Waals surface area contributed by atoms with Gasteiger partial charge in [-0.2, -0.15) is 0 Å². The van der Waals surface area contributed by atoms with Gasteiger partial charge in [-0.1, -0.05) is 11.6 Å². The third-order valence-corrected chi connectivity index (χ3v) is 7.63. The molecule has 0 aromatic heterocycles. The van der Waals surface area contributed by atoms with E-state index >= 15 is 0 Å². The third-order valence-electron chi connectivity index (χ3n) is 7.63. The SMILES string of the molecule is C1=C(C2C3CCC(O3)C2C2NCC3CCC2C3)CC2CC1O2. The van der Waals surface area contributed by atoms with Gasteiger partial charge >= 0.3 is 0 Å². The van der Waals surface area contributed by atoms with Crippen molar-refractivity contribution in [2.45, 2.75) is 75.4 Å². The molecule has 1 N–H and O–H groups in total. The molecule has 0 aromatic carbocycles. The van der Waals surface area contributed by atoms with Gasteiger partial charge in [-0.25, -0.2) is 0 Å². The molecule has 7 rings (SSSR count). The Balaban J connectivity index is 1.33. The standard InChI is InChI=1S/C19H27NO2/c1-2-11-5-10(1)9-20-19(11)18-16-4-3-15(22-16)17(18)12-6-13-8-14(7-12)21-13/h6,10-11,13-20H,1-5,7-9H2. The van der Waals surface area contributed by atoms with Crippen LogP contribution in [0.15, 0.2) is 11.6 Å². The van der Waals surface area contributed by atoms with E-state index in [0.29, 0.717) is 30.3 Å². The van der Waals surface area contributed by atoms with E-state index in [0.717, 1.165) is 23.8 Å². The minimum absolute atomic E-state index is 0.434. The van der Waals surface area contributed by atoms with E-state index in [9.17, 15) is 0 Å². The number of rotatable bonds is 2. The van der Waals surface area contributed by atoms with E-state index < -0.39 is 0 Å². The molecule has 0 amide bonds. The molecule has 0 radical (unpaired) electrons. The molecule has 4 saturated heterocycles. The summed E-state index contributed by atoms with van der Waals surface area (Å²) >= 11 is 0. The maximum absolute atomic E-state index is 6.44. The van der Waals surface area contributed by atoms with E-state index in [2.05, 4.69) is 11.4 Å². The molecule has 120 valence electrons. The average Bonchev–Trinajstić information content (AvgIpc) is 3.22. The van der Waals surface area contributed by atoms with Crippen LogP contribution in [0.4, 0.5) is 0 Å². The summed E-state index contributed by atoms with van der Waals surface area (Å²) in [7, 11) is 0. The van der Waals surface area contributed by atoms with Crippen molar-refractivity contribution in [1.29, 1.82) is 0 Å². The maximum atomic E-state index is 6.44. The first kappa shape index (κ1) is 13.0. The molecular formula is C19H27NO2. The highest BCUT2D eigenvalue weighted by Crippen LogP contribution is 2.54. The minimum Gasteiger partial charge on any atom is -0.374 e. The molecule has 0 spiro atoms. The Morgan fingerprint density at radius 1 is 1.00 bits per heavy atom. The first-order valence-corrected chi connectivity index (χ1v) is 9.60. The highest BCUT2D eigenvalue weighted by atomic mass is 16.5. The zero-order chi connectivity index (χ0) is 14.3. The molecule has 0 aromatic rings. The van der Waals surface area contributed by atoms with Crippen molar-refractivity contribution >= 4 is 0 Å². The zero-order valence-corrected chi connectivity index (χ0v) is 13.2. The summed E-state index contributed by atoms with van der Waals surface area (Å²) in [6.07, 6.45) is 13.9. The van der Waals surface area contributed by atoms with Crippen LogP contribution in [-0.4, -0.2) is 37.0 Å². The summed E-state index contributed by atoms with van der Waals surface area (Å²) < 4.78 is 12.3. The van der Waals surface area contributed by atoms with E-state index in [1.165, 1.54) is 51.5 Å². The highest BCUT2D eigenvalue weighted by molar-refractivity contribution is 5.25. The van der Waals surface area contributed by atoms with Crippen LogP contribution in [-0.2, 0) is 9.47 Å². The van der Waals surface area contributed by atoms with Gasteiger partial charge in [0.05, 0.1) is 24.4 Å². The number of ether oxygens (including phenoxy) is 2. The predicted molar refractivity (Wildman–Crippen MR) is 83.5 cm³/mol. The van der Waals surface area contributed by atoms with E-state index in [1.807, 2.05) is 0 Å². The second-order valence-electron chi connectivity index (χ2n) is 8.74. The van der Waals surface area contributed by atoms with Gasteiger partial charge in [0.1, 0.15) is 0 Å². The largest absolute Gasteiger partial charge is 0.374 e. The molecule has 6 bridgehead atoms. The molecule has 3 heteroatoms. The van der Waals surface area contributed by atoms with E-state index in [1.54, 1.807) is 5.57 Å². The Morgan fingerprint density at radius 2 is 1.91 bits per heavy atom. The smallest absolute Gasteiger partial charge is 0.0787 e. The average molecular weight is 301 g/mol. The van der Waals surface area contributed by atoms with Crippen molar-refractivity contribution in [1.82, 2.24) is 5.32 Å². The van der Waals surface area contributed by atoms with Crippen molar-refractivity contribution in [3.8, 4) is 0 Å². The topological polar surface area (TPSA) is 30.5 Å². The van der Waals surface area contributed by atoms with Gasteiger partial charge < -0.3 is 14.8 Å². The minimum atomic E-state index is 0.434. The second kappa shape index (κ2) is 4.58. The summed E-state index contributed by atoms with van der Waals surface area (Å²) in [4.78, 5) is 0. The third kappa shape index (κ3) is 1.73. The number of hydrogen-bond acceptors (Lipinski definition) is 3. The van der Waals surface area contributed by atoms with Gasteiger partial charge in [0.25, 0.3) is 0 Å². The first-order valence-electron chi connectivity index (χ1n) is 9.60. The molecule has 9 atom stereocenters. The summed E-state index contributed by atoms with van der Waals surface area (Å²) in [5, 5.41) is 3.96. The van der Waals surface area contributed by atoms with Crippen LogP contribution >= 0.6 is 0 Å². The molecule has 22 heavy (non-hydrogen) atoms. The number of hydrogen-bond donors (Lipinski definition) is 1. The molecule has 5 fully saturated rings. The molecular weight excluding hydrogens is 274 g/mol. The van der Waals surface area contributed by atoms with E-state index in [-0.39, 0.29) is 0 Å². The Bertz CT molecular complexity index is 512. The summed E-state index contributed by atoms with van der Waals surface area (Å²) in [5.74, 6) is 3.33. The lowest BCUT2D eigenvalue weighted by atomic mass is 9.66. The number of fused-ring (bicyclic) bond motifs is 5. The van der Waals surface area contributed by atoms with Gasteiger partial charge in [0, 0.05) is 24.3 Å². The van der Waals surface area contributed by atoms with Gasteiger partial charge in [-0.15, -0.1) is 0 Å². The summed E-state index contributed by atoms with van der Waals surface area (Å²) in [6, 6.07) is 0.721. The van der Waals surface area contributed by atoms with Gasteiger partial charge in [-0.05, 0) is 56.9 Å². The predicted octanol–water partition coefficient (Wildman–Crippen LogP) is 2.66. The fraction of sp³-hybridized carbons (Fsp3) is 0.895. The van der Waals surface area contributed by atoms with Crippen molar-refractivity contribution < 1.29 is 9.47 Å². The fourth-order valence-corrected chi connectivity index (χ4v) is 6.75. The Morgan fingerprint density at radius 3 is 2.77 bits per heavy atom. The van der Waals surface area contributed by atoms with Crippen LogP contribution in [0, 0.1) is 23.7 Å². The molecule has 7 aliphatic rings. The number of piperidine rings is 1. The van der Waals surface area contributed by atoms with Crippen molar-refractivity contribution in [2.24, 2.45) is 23.7 Å².